The summed E-state index contributed by atoms with van der Waals surface area (Å²) >= 11 is 0. The highest BCUT2D eigenvalue weighted by molar-refractivity contribution is 5.79. The van der Waals surface area contributed by atoms with E-state index in [1.807, 2.05) is 11.0 Å². The van der Waals surface area contributed by atoms with Gasteiger partial charge in [0.1, 0.15) is 0 Å². The average molecular weight is 316 g/mol. The van der Waals surface area contributed by atoms with E-state index in [0.717, 1.165) is 32.2 Å². The molecule has 0 saturated heterocycles. The SMILES string of the molecule is CCOC(=O)N[C@@H]1CC[C@H](C(=O)N2CCc3ccccc3C2)C1. The molecule has 0 aromatic heterocycles. The molecule has 2 amide bonds. The Morgan fingerprint density at radius 3 is 2.83 bits per heavy atom. The fourth-order valence-electron chi connectivity index (χ4n) is 3.62. The molecule has 2 aliphatic rings. The predicted octanol–water partition coefficient (Wildman–Crippen LogP) is 2.49. The van der Waals surface area contributed by atoms with E-state index in [2.05, 4.69) is 23.5 Å². The van der Waals surface area contributed by atoms with Crippen molar-refractivity contribution in [3.63, 3.8) is 0 Å². The molecule has 0 radical (unpaired) electrons. The van der Waals surface area contributed by atoms with Gasteiger partial charge in [-0.3, -0.25) is 4.79 Å². The second-order valence-electron chi connectivity index (χ2n) is 6.35. The molecule has 1 aliphatic heterocycles. The van der Waals surface area contributed by atoms with Crippen LogP contribution in [-0.2, 0) is 22.5 Å². The number of nitrogens with one attached hydrogen (secondary N) is 1. The molecule has 5 heteroatoms. The van der Waals surface area contributed by atoms with Gasteiger partial charge in [-0.1, -0.05) is 24.3 Å². The maximum Gasteiger partial charge on any atom is 0.407 e. The van der Waals surface area contributed by atoms with Crippen LogP contribution in [0.15, 0.2) is 24.3 Å². The molecule has 1 aromatic rings. The first-order valence-electron chi connectivity index (χ1n) is 8.46. The number of fused-ring (bicyclic) bond motifs is 1. The molecule has 0 bridgehead atoms. The van der Waals surface area contributed by atoms with Crippen molar-refractivity contribution in [3.05, 3.63) is 35.4 Å². The van der Waals surface area contributed by atoms with Crippen molar-refractivity contribution < 1.29 is 14.3 Å². The number of benzene rings is 1. The highest BCUT2D eigenvalue weighted by Gasteiger charge is 2.34. The van der Waals surface area contributed by atoms with Gasteiger partial charge in [0.15, 0.2) is 0 Å². The molecule has 0 spiro atoms. The summed E-state index contributed by atoms with van der Waals surface area (Å²) in [5.41, 5.74) is 2.61. The van der Waals surface area contributed by atoms with Gasteiger partial charge in [0.05, 0.1) is 6.61 Å². The van der Waals surface area contributed by atoms with E-state index in [1.165, 1.54) is 11.1 Å². The zero-order chi connectivity index (χ0) is 16.2. The zero-order valence-corrected chi connectivity index (χ0v) is 13.6. The van der Waals surface area contributed by atoms with Crippen LogP contribution in [0, 0.1) is 5.92 Å². The number of rotatable bonds is 3. The normalized spacial score (nSPS) is 23.3. The molecule has 124 valence electrons. The Labute approximate surface area is 137 Å². The summed E-state index contributed by atoms with van der Waals surface area (Å²) in [6.45, 7) is 3.66. The van der Waals surface area contributed by atoms with Crippen molar-refractivity contribution in [1.82, 2.24) is 10.2 Å². The number of ether oxygens (including phenoxy) is 1. The molecule has 0 unspecified atom stereocenters. The lowest BCUT2D eigenvalue weighted by atomic mass is 9.98. The average Bonchev–Trinajstić information content (AvgIpc) is 3.02. The molecule has 23 heavy (non-hydrogen) atoms. The molecule has 1 aliphatic carbocycles. The van der Waals surface area contributed by atoms with Gasteiger partial charge < -0.3 is 15.0 Å². The van der Waals surface area contributed by atoms with Gasteiger partial charge >= 0.3 is 6.09 Å². The van der Waals surface area contributed by atoms with Crippen LogP contribution in [0.1, 0.15) is 37.3 Å². The van der Waals surface area contributed by atoms with Crippen LogP contribution >= 0.6 is 0 Å². The van der Waals surface area contributed by atoms with E-state index in [4.69, 9.17) is 4.74 Å². The number of carbonyl (C=O) groups is 2. The molecule has 1 aromatic carbocycles. The Hall–Kier alpha value is -2.04. The minimum absolute atomic E-state index is 0.0205. The Balaban J connectivity index is 1.55. The first-order chi connectivity index (χ1) is 11.2. The van der Waals surface area contributed by atoms with Crippen LogP contribution < -0.4 is 5.32 Å². The van der Waals surface area contributed by atoms with Gasteiger partial charge in [-0.05, 0) is 43.7 Å². The predicted molar refractivity (Wildman–Crippen MR) is 86.8 cm³/mol. The topological polar surface area (TPSA) is 58.6 Å². The molecule has 1 heterocycles. The number of amides is 2. The molecular formula is C18H24N2O3. The minimum atomic E-state index is -0.377. The third kappa shape index (κ3) is 3.66. The summed E-state index contributed by atoms with van der Waals surface area (Å²) in [7, 11) is 0. The van der Waals surface area contributed by atoms with Crippen LogP contribution in [0.3, 0.4) is 0 Å². The van der Waals surface area contributed by atoms with Crippen LogP contribution in [0.2, 0.25) is 0 Å². The Bertz CT molecular complexity index is 587. The fourth-order valence-corrected chi connectivity index (χ4v) is 3.62. The molecule has 1 N–H and O–H groups in total. The lowest BCUT2D eigenvalue weighted by Gasteiger charge is -2.31. The quantitative estimate of drug-likeness (QED) is 0.932. The van der Waals surface area contributed by atoms with Crippen molar-refractivity contribution >= 4 is 12.0 Å². The number of hydrogen-bond acceptors (Lipinski definition) is 3. The first kappa shape index (κ1) is 15.8. The van der Waals surface area contributed by atoms with Crippen molar-refractivity contribution in [2.45, 2.75) is 45.2 Å². The van der Waals surface area contributed by atoms with Crippen LogP contribution in [-0.4, -0.2) is 36.1 Å². The lowest BCUT2D eigenvalue weighted by molar-refractivity contribution is -0.136. The molecule has 2 atom stereocenters. The minimum Gasteiger partial charge on any atom is -0.450 e. The van der Waals surface area contributed by atoms with E-state index in [0.29, 0.717) is 13.2 Å². The number of carbonyl (C=O) groups excluding carboxylic acids is 2. The van der Waals surface area contributed by atoms with Gasteiger partial charge in [-0.25, -0.2) is 4.79 Å². The highest BCUT2D eigenvalue weighted by atomic mass is 16.5. The third-order valence-corrected chi connectivity index (χ3v) is 4.82. The monoisotopic (exact) mass is 316 g/mol. The van der Waals surface area contributed by atoms with E-state index >= 15 is 0 Å². The number of hydrogen-bond donors (Lipinski definition) is 1. The second kappa shape index (κ2) is 7.02. The lowest BCUT2D eigenvalue weighted by Crippen LogP contribution is -2.40. The summed E-state index contributed by atoms with van der Waals surface area (Å²) in [5, 5.41) is 2.85. The van der Waals surface area contributed by atoms with Crippen LogP contribution in [0.4, 0.5) is 4.79 Å². The summed E-state index contributed by atoms with van der Waals surface area (Å²) in [5.74, 6) is 0.250. The van der Waals surface area contributed by atoms with Crippen LogP contribution in [0.5, 0.6) is 0 Å². The fraction of sp³-hybridized carbons (Fsp3) is 0.556. The first-order valence-corrected chi connectivity index (χ1v) is 8.46. The number of nitrogens with zero attached hydrogens (tertiary/aromatic N) is 1. The van der Waals surface area contributed by atoms with E-state index in [9.17, 15) is 9.59 Å². The molecule has 5 nitrogen and oxygen atoms in total. The van der Waals surface area contributed by atoms with Gasteiger partial charge in [-0.15, -0.1) is 0 Å². The smallest absolute Gasteiger partial charge is 0.407 e. The van der Waals surface area contributed by atoms with E-state index < -0.39 is 0 Å². The zero-order valence-electron chi connectivity index (χ0n) is 13.6. The molecular weight excluding hydrogens is 292 g/mol. The summed E-state index contributed by atoms with van der Waals surface area (Å²) in [4.78, 5) is 26.2. The largest absolute Gasteiger partial charge is 0.450 e. The molecule has 1 saturated carbocycles. The van der Waals surface area contributed by atoms with Gasteiger partial charge in [-0.2, -0.15) is 0 Å². The second-order valence-corrected chi connectivity index (χ2v) is 6.35. The van der Waals surface area contributed by atoms with Crippen LogP contribution in [0.25, 0.3) is 0 Å². The van der Waals surface area contributed by atoms with E-state index in [-0.39, 0.29) is 24.0 Å². The van der Waals surface area contributed by atoms with Crippen molar-refractivity contribution in [1.29, 1.82) is 0 Å². The van der Waals surface area contributed by atoms with Gasteiger partial charge in [0.25, 0.3) is 0 Å². The van der Waals surface area contributed by atoms with Crippen molar-refractivity contribution in [3.8, 4) is 0 Å². The van der Waals surface area contributed by atoms with Gasteiger partial charge in [0.2, 0.25) is 5.91 Å². The Morgan fingerprint density at radius 2 is 2.04 bits per heavy atom. The molecule has 3 rings (SSSR count). The summed E-state index contributed by atoms with van der Waals surface area (Å²) < 4.78 is 4.91. The molecule has 1 fully saturated rings. The van der Waals surface area contributed by atoms with E-state index in [1.54, 1.807) is 6.92 Å². The maximum absolute atomic E-state index is 12.7. The Morgan fingerprint density at radius 1 is 1.26 bits per heavy atom. The van der Waals surface area contributed by atoms with Gasteiger partial charge in [0, 0.05) is 25.0 Å². The standard InChI is InChI=1S/C18H24N2O3/c1-2-23-18(22)19-16-8-7-14(11-16)17(21)20-10-9-13-5-3-4-6-15(13)12-20/h3-6,14,16H,2,7-12H2,1H3,(H,19,22)/t14-,16+/m0/s1. The third-order valence-electron chi connectivity index (χ3n) is 4.82. The Kier molecular flexibility index (Phi) is 4.84. The summed E-state index contributed by atoms with van der Waals surface area (Å²) in [6, 6.07) is 8.39. The maximum atomic E-state index is 12.7. The number of alkyl carbamates (subject to hydrolysis) is 1. The highest BCUT2D eigenvalue weighted by Crippen LogP contribution is 2.29. The van der Waals surface area contributed by atoms with Crippen molar-refractivity contribution in [2.24, 2.45) is 5.92 Å². The summed E-state index contributed by atoms with van der Waals surface area (Å²) in [6.07, 6.45) is 2.96. The van der Waals surface area contributed by atoms with Crippen molar-refractivity contribution in [2.75, 3.05) is 13.2 Å².